The zero-order chi connectivity index (χ0) is 21.7. The Labute approximate surface area is 179 Å². The van der Waals surface area contributed by atoms with E-state index in [1.165, 1.54) is 5.56 Å². The molecule has 0 radical (unpaired) electrons. The van der Waals surface area contributed by atoms with Gasteiger partial charge in [0.05, 0.1) is 12.6 Å². The number of rotatable bonds is 6. The minimum absolute atomic E-state index is 0.00471. The fourth-order valence-electron chi connectivity index (χ4n) is 3.80. The van der Waals surface area contributed by atoms with Gasteiger partial charge >= 0.3 is 0 Å². The SMILES string of the molecule is Cc1cccc(NC(=O)CN2CCN([C@@H](C)C(=O)N(C)c3ccccc3)CC2)c1C. The summed E-state index contributed by atoms with van der Waals surface area (Å²) in [6.45, 7) is 9.48. The Morgan fingerprint density at radius 2 is 1.67 bits per heavy atom. The van der Waals surface area contributed by atoms with Crippen LogP contribution in [0.3, 0.4) is 0 Å². The van der Waals surface area contributed by atoms with E-state index >= 15 is 0 Å². The molecule has 1 saturated heterocycles. The largest absolute Gasteiger partial charge is 0.325 e. The lowest BCUT2D eigenvalue weighted by molar-refractivity contribution is -0.124. The maximum absolute atomic E-state index is 12.9. The molecule has 0 spiro atoms. The van der Waals surface area contributed by atoms with Crippen molar-refractivity contribution in [3.8, 4) is 0 Å². The van der Waals surface area contributed by atoms with Crippen LogP contribution in [0.2, 0.25) is 0 Å². The lowest BCUT2D eigenvalue weighted by Gasteiger charge is -2.38. The number of nitrogens with one attached hydrogen (secondary N) is 1. The van der Waals surface area contributed by atoms with Gasteiger partial charge < -0.3 is 10.2 Å². The second kappa shape index (κ2) is 9.87. The fraction of sp³-hybridized carbons (Fsp3) is 0.417. The molecule has 0 aromatic heterocycles. The summed E-state index contributed by atoms with van der Waals surface area (Å²) in [4.78, 5) is 31.4. The molecular weight excluding hydrogens is 376 g/mol. The minimum Gasteiger partial charge on any atom is -0.325 e. The van der Waals surface area contributed by atoms with Gasteiger partial charge in [-0.25, -0.2) is 0 Å². The summed E-state index contributed by atoms with van der Waals surface area (Å²) in [5.74, 6) is 0.0902. The summed E-state index contributed by atoms with van der Waals surface area (Å²) in [5, 5.41) is 3.03. The number of amides is 2. The Bertz CT molecular complexity index is 876. The summed E-state index contributed by atoms with van der Waals surface area (Å²) in [6, 6.07) is 15.5. The van der Waals surface area contributed by atoms with E-state index in [4.69, 9.17) is 0 Å². The van der Waals surface area contributed by atoms with E-state index in [0.29, 0.717) is 6.54 Å². The number of hydrogen-bond acceptors (Lipinski definition) is 4. The van der Waals surface area contributed by atoms with Crippen LogP contribution in [0.1, 0.15) is 18.1 Å². The summed E-state index contributed by atoms with van der Waals surface area (Å²) in [5.41, 5.74) is 4.05. The second-order valence-corrected chi connectivity index (χ2v) is 8.02. The van der Waals surface area contributed by atoms with Gasteiger partial charge in [-0.05, 0) is 50.1 Å². The van der Waals surface area contributed by atoms with Crippen LogP contribution in [0.25, 0.3) is 0 Å². The second-order valence-electron chi connectivity index (χ2n) is 8.02. The molecule has 2 amide bonds. The number of hydrogen-bond donors (Lipinski definition) is 1. The van der Waals surface area contributed by atoms with E-state index < -0.39 is 0 Å². The van der Waals surface area contributed by atoms with E-state index in [1.54, 1.807) is 4.90 Å². The normalized spacial score (nSPS) is 16.1. The van der Waals surface area contributed by atoms with Crippen molar-refractivity contribution in [1.29, 1.82) is 0 Å². The molecule has 6 heteroatoms. The number of benzene rings is 2. The first kappa shape index (κ1) is 22.0. The monoisotopic (exact) mass is 408 g/mol. The summed E-state index contributed by atoms with van der Waals surface area (Å²) < 4.78 is 0. The molecule has 30 heavy (non-hydrogen) atoms. The van der Waals surface area contributed by atoms with Gasteiger partial charge in [-0.15, -0.1) is 0 Å². The molecule has 160 valence electrons. The molecule has 0 bridgehead atoms. The van der Waals surface area contributed by atoms with Gasteiger partial charge in [0.2, 0.25) is 11.8 Å². The van der Waals surface area contributed by atoms with Crippen molar-refractivity contribution in [2.24, 2.45) is 0 Å². The molecule has 2 aromatic carbocycles. The lowest BCUT2D eigenvalue weighted by Crippen LogP contribution is -2.55. The summed E-state index contributed by atoms with van der Waals surface area (Å²) in [6.07, 6.45) is 0. The standard InChI is InChI=1S/C24H32N4O2/c1-18-9-8-12-22(19(18)2)25-23(29)17-27-13-15-28(16-14-27)20(3)24(30)26(4)21-10-6-5-7-11-21/h5-12,20H,13-17H2,1-4H3,(H,25,29)/t20-/m0/s1. The van der Waals surface area contributed by atoms with Gasteiger partial charge in [-0.2, -0.15) is 0 Å². The molecule has 0 unspecified atom stereocenters. The Morgan fingerprint density at radius 3 is 2.33 bits per heavy atom. The van der Waals surface area contributed by atoms with Crippen molar-refractivity contribution < 1.29 is 9.59 Å². The van der Waals surface area contributed by atoms with Gasteiger partial charge in [-0.1, -0.05) is 30.3 Å². The van der Waals surface area contributed by atoms with Gasteiger partial charge in [0.1, 0.15) is 0 Å². The minimum atomic E-state index is -0.193. The molecule has 1 atom stereocenters. The molecule has 0 aliphatic carbocycles. The molecule has 1 N–H and O–H groups in total. The van der Waals surface area contributed by atoms with Gasteiger partial charge in [0, 0.05) is 44.6 Å². The highest BCUT2D eigenvalue weighted by molar-refractivity contribution is 5.96. The van der Waals surface area contributed by atoms with E-state index in [0.717, 1.165) is 43.1 Å². The molecule has 1 aliphatic heterocycles. The fourth-order valence-corrected chi connectivity index (χ4v) is 3.80. The van der Waals surface area contributed by atoms with Crippen molar-refractivity contribution in [3.63, 3.8) is 0 Å². The number of likely N-dealkylation sites (N-methyl/N-ethyl adjacent to an activating group) is 1. The lowest BCUT2D eigenvalue weighted by atomic mass is 10.1. The Balaban J connectivity index is 1.48. The average Bonchev–Trinajstić information content (AvgIpc) is 2.76. The summed E-state index contributed by atoms with van der Waals surface area (Å²) >= 11 is 0. The Hall–Kier alpha value is -2.70. The quantitative estimate of drug-likeness (QED) is 0.799. The third-order valence-electron chi connectivity index (χ3n) is 6.03. The van der Waals surface area contributed by atoms with Crippen molar-refractivity contribution in [2.45, 2.75) is 26.8 Å². The van der Waals surface area contributed by atoms with Crippen molar-refractivity contribution in [3.05, 3.63) is 59.7 Å². The van der Waals surface area contributed by atoms with Gasteiger partial charge in [0.15, 0.2) is 0 Å². The van der Waals surface area contributed by atoms with E-state index in [2.05, 4.69) is 15.1 Å². The van der Waals surface area contributed by atoms with Crippen LogP contribution >= 0.6 is 0 Å². The average molecular weight is 409 g/mol. The number of piperazine rings is 1. The number of para-hydroxylation sites is 1. The molecule has 6 nitrogen and oxygen atoms in total. The van der Waals surface area contributed by atoms with E-state index in [9.17, 15) is 9.59 Å². The Morgan fingerprint density at radius 1 is 1.00 bits per heavy atom. The first-order chi connectivity index (χ1) is 14.4. The zero-order valence-corrected chi connectivity index (χ0v) is 18.4. The van der Waals surface area contributed by atoms with Crippen LogP contribution in [0.5, 0.6) is 0 Å². The number of anilines is 2. The van der Waals surface area contributed by atoms with Crippen LogP contribution in [0, 0.1) is 13.8 Å². The highest BCUT2D eigenvalue weighted by atomic mass is 16.2. The van der Waals surface area contributed by atoms with Crippen LogP contribution in [0.4, 0.5) is 11.4 Å². The smallest absolute Gasteiger partial charge is 0.243 e. The molecule has 1 heterocycles. The highest BCUT2D eigenvalue weighted by Gasteiger charge is 2.28. The molecule has 3 rings (SSSR count). The van der Waals surface area contributed by atoms with E-state index in [1.807, 2.05) is 76.3 Å². The molecule has 1 fully saturated rings. The molecular formula is C24H32N4O2. The maximum Gasteiger partial charge on any atom is 0.243 e. The predicted molar refractivity (Wildman–Crippen MR) is 122 cm³/mol. The van der Waals surface area contributed by atoms with Crippen LogP contribution in [-0.4, -0.2) is 67.4 Å². The zero-order valence-electron chi connectivity index (χ0n) is 18.4. The number of aryl methyl sites for hydroxylation is 1. The van der Waals surface area contributed by atoms with Crippen LogP contribution in [-0.2, 0) is 9.59 Å². The number of nitrogens with zero attached hydrogens (tertiary/aromatic N) is 3. The van der Waals surface area contributed by atoms with Crippen LogP contribution in [0.15, 0.2) is 48.5 Å². The first-order valence-electron chi connectivity index (χ1n) is 10.5. The summed E-state index contributed by atoms with van der Waals surface area (Å²) in [7, 11) is 1.82. The Kier molecular flexibility index (Phi) is 7.24. The first-order valence-corrected chi connectivity index (χ1v) is 10.5. The van der Waals surface area contributed by atoms with Gasteiger partial charge in [0.25, 0.3) is 0 Å². The molecule has 0 saturated carbocycles. The topological polar surface area (TPSA) is 55.9 Å². The van der Waals surface area contributed by atoms with Crippen molar-refractivity contribution in [1.82, 2.24) is 9.80 Å². The third kappa shape index (κ3) is 5.26. The maximum atomic E-state index is 12.9. The van der Waals surface area contributed by atoms with Crippen LogP contribution < -0.4 is 10.2 Å². The van der Waals surface area contributed by atoms with E-state index in [-0.39, 0.29) is 17.9 Å². The molecule has 1 aliphatic rings. The number of carbonyl (C=O) groups excluding carboxylic acids is 2. The molecule has 2 aromatic rings. The van der Waals surface area contributed by atoms with Crippen molar-refractivity contribution >= 4 is 23.2 Å². The number of carbonyl (C=O) groups is 2. The van der Waals surface area contributed by atoms with Crippen molar-refractivity contribution in [2.75, 3.05) is 50.0 Å². The predicted octanol–water partition coefficient (Wildman–Crippen LogP) is 2.91. The third-order valence-corrected chi connectivity index (χ3v) is 6.03. The van der Waals surface area contributed by atoms with Gasteiger partial charge in [-0.3, -0.25) is 19.4 Å². The highest BCUT2D eigenvalue weighted by Crippen LogP contribution is 2.18.